The zero-order chi connectivity index (χ0) is 18.3. The number of aliphatic imine (C=N–C) groups is 1. The number of nitrogens with zero attached hydrogens (tertiary/aromatic N) is 2. The number of likely N-dealkylation sites (N-methyl/N-ethyl adjacent to an activating group) is 1. The topological polar surface area (TPSA) is 56.7 Å². The van der Waals surface area contributed by atoms with Crippen LogP contribution in [0.25, 0.3) is 0 Å². The number of guanidine groups is 1. The monoisotopic (exact) mass is 478 g/mol. The summed E-state index contributed by atoms with van der Waals surface area (Å²) in [5, 5.41) is 6.23. The zero-order valence-corrected chi connectivity index (χ0v) is 17.6. The number of halogens is 4. The normalized spacial score (nSPS) is 22.6. The Kier molecular flexibility index (Phi) is 10.7. The number of carbonyl (C=O) groups excluding carboxylic acids is 1. The van der Waals surface area contributed by atoms with E-state index in [1.165, 1.54) is 4.90 Å². The Morgan fingerprint density at radius 3 is 2.48 bits per heavy atom. The molecule has 5 nitrogen and oxygen atoms in total. The maximum atomic E-state index is 12.9. The summed E-state index contributed by atoms with van der Waals surface area (Å²) >= 11 is 0. The molecule has 1 saturated carbocycles. The van der Waals surface area contributed by atoms with E-state index in [0.717, 1.165) is 6.42 Å². The van der Waals surface area contributed by atoms with Crippen molar-refractivity contribution >= 4 is 35.8 Å². The predicted molar refractivity (Wildman–Crippen MR) is 104 cm³/mol. The van der Waals surface area contributed by atoms with Crippen molar-refractivity contribution in [1.82, 2.24) is 15.5 Å². The van der Waals surface area contributed by atoms with Gasteiger partial charge in [-0.05, 0) is 32.6 Å². The summed E-state index contributed by atoms with van der Waals surface area (Å²) in [7, 11) is 3.28. The average Bonchev–Trinajstić information content (AvgIpc) is 2.51. The molecule has 0 aromatic heterocycles. The van der Waals surface area contributed by atoms with E-state index in [-0.39, 0.29) is 61.4 Å². The maximum Gasteiger partial charge on any atom is 0.391 e. The quantitative estimate of drug-likeness (QED) is 0.363. The van der Waals surface area contributed by atoms with E-state index in [9.17, 15) is 18.0 Å². The van der Waals surface area contributed by atoms with Crippen molar-refractivity contribution in [1.29, 1.82) is 0 Å². The van der Waals surface area contributed by atoms with Gasteiger partial charge in [-0.3, -0.25) is 4.79 Å². The number of alkyl halides is 3. The van der Waals surface area contributed by atoms with E-state index in [0.29, 0.717) is 18.8 Å². The molecule has 0 spiro atoms. The molecule has 1 amide bonds. The molecule has 1 aliphatic rings. The molecule has 148 valence electrons. The molecule has 3 unspecified atom stereocenters. The number of rotatable bonds is 5. The third kappa shape index (κ3) is 8.96. The Hall–Kier alpha value is -0.740. The molecule has 1 fully saturated rings. The molecule has 0 heterocycles. The number of hydrogen-bond acceptors (Lipinski definition) is 2. The lowest BCUT2D eigenvalue weighted by molar-refractivity contribution is -0.183. The number of amides is 1. The van der Waals surface area contributed by atoms with Gasteiger partial charge in [0.2, 0.25) is 5.91 Å². The van der Waals surface area contributed by atoms with Crippen LogP contribution in [-0.4, -0.2) is 55.7 Å². The van der Waals surface area contributed by atoms with Crippen molar-refractivity contribution in [2.75, 3.05) is 20.6 Å². The van der Waals surface area contributed by atoms with Gasteiger partial charge >= 0.3 is 6.18 Å². The lowest BCUT2D eigenvalue weighted by atomic mass is 9.85. The Labute approximate surface area is 165 Å². The first-order chi connectivity index (χ1) is 11.1. The van der Waals surface area contributed by atoms with E-state index in [1.807, 2.05) is 13.8 Å². The molecular weight excluding hydrogens is 448 g/mol. The van der Waals surface area contributed by atoms with Crippen LogP contribution in [0.1, 0.15) is 46.0 Å². The molecular formula is C16H30F3IN4O. The van der Waals surface area contributed by atoms with Gasteiger partial charge in [-0.1, -0.05) is 13.3 Å². The molecule has 0 aromatic carbocycles. The molecule has 0 aromatic rings. The Morgan fingerprint density at radius 1 is 1.32 bits per heavy atom. The van der Waals surface area contributed by atoms with Gasteiger partial charge < -0.3 is 15.5 Å². The van der Waals surface area contributed by atoms with Crippen LogP contribution in [0.5, 0.6) is 0 Å². The minimum atomic E-state index is -4.15. The van der Waals surface area contributed by atoms with E-state index >= 15 is 0 Å². The van der Waals surface area contributed by atoms with Gasteiger partial charge in [0.25, 0.3) is 0 Å². The lowest BCUT2D eigenvalue weighted by Gasteiger charge is -2.32. The van der Waals surface area contributed by atoms with Gasteiger partial charge in [0, 0.05) is 26.2 Å². The second-order valence-corrected chi connectivity index (χ2v) is 6.65. The molecule has 1 rings (SSSR count). The largest absolute Gasteiger partial charge is 0.391 e. The number of hydrogen-bond donors (Lipinski definition) is 2. The first-order valence-corrected chi connectivity index (χ1v) is 8.47. The first kappa shape index (κ1) is 24.3. The first-order valence-electron chi connectivity index (χ1n) is 8.47. The van der Waals surface area contributed by atoms with Crippen molar-refractivity contribution in [2.45, 2.75) is 64.2 Å². The standard InChI is InChI=1S/C16H29F3N4O.HI/c1-5-11(2)21-15(20-10-14(24)23(3)4)22-13-8-6-7-12(9-13)16(17,18)19;/h11-13H,5-10H2,1-4H3,(H2,20,21,22);1H. The van der Waals surface area contributed by atoms with Gasteiger partial charge in [0.15, 0.2) is 5.96 Å². The molecule has 25 heavy (non-hydrogen) atoms. The van der Waals surface area contributed by atoms with Crippen LogP contribution in [0.3, 0.4) is 0 Å². The third-order valence-corrected chi connectivity index (χ3v) is 4.34. The summed E-state index contributed by atoms with van der Waals surface area (Å²) in [6.45, 7) is 3.93. The molecule has 0 radical (unpaired) electrons. The molecule has 0 bridgehead atoms. The summed E-state index contributed by atoms with van der Waals surface area (Å²) in [5.41, 5.74) is 0. The fourth-order valence-electron chi connectivity index (χ4n) is 2.57. The van der Waals surface area contributed by atoms with Crippen molar-refractivity contribution in [2.24, 2.45) is 10.9 Å². The second-order valence-electron chi connectivity index (χ2n) is 6.65. The van der Waals surface area contributed by atoms with E-state index in [4.69, 9.17) is 0 Å². The fraction of sp³-hybridized carbons (Fsp3) is 0.875. The van der Waals surface area contributed by atoms with Crippen LogP contribution >= 0.6 is 24.0 Å². The van der Waals surface area contributed by atoms with E-state index in [1.54, 1.807) is 14.1 Å². The van der Waals surface area contributed by atoms with Gasteiger partial charge in [-0.25, -0.2) is 4.99 Å². The van der Waals surface area contributed by atoms with Crippen molar-refractivity contribution in [3.8, 4) is 0 Å². The van der Waals surface area contributed by atoms with Gasteiger partial charge in [0.05, 0.1) is 5.92 Å². The third-order valence-electron chi connectivity index (χ3n) is 4.34. The van der Waals surface area contributed by atoms with Crippen LogP contribution in [0, 0.1) is 5.92 Å². The van der Waals surface area contributed by atoms with Crippen LogP contribution < -0.4 is 10.6 Å². The highest BCUT2D eigenvalue weighted by atomic mass is 127. The summed E-state index contributed by atoms with van der Waals surface area (Å²) < 4.78 is 38.8. The summed E-state index contributed by atoms with van der Waals surface area (Å²) in [6, 6.07) is -0.164. The minimum absolute atomic E-state index is 0. The lowest BCUT2D eigenvalue weighted by Crippen LogP contribution is -2.49. The molecule has 1 aliphatic carbocycles. The Morgan fingerprint density at radius 2 is 1.96 bits per heavy atom. The molecule has 2 N–H and O–H groups in total. The van der Waals surface area contributed by atoms with Crippen LogP contribution in [0.15, 0.2) is 4.99 Å². The van der Waals surface area contributed by atoms with Gasteiger partial charge in [-0.2, -0.15) is 13.2 Å². The minimum Gasteiger partial charge on any atom is -0.354 e. The number of nitrogens with one attached hydrogen (secondary N) is 2. The van der Waals surface area contributed by atoms with Gasteiger partial charge in [-0.15, -0.1) is 24.0 Å². The van der Waals surface area contributed by atoms with Crippen LogP contribution in [0.4, 0.5) is 13.2 Å². The SMILES string of the molecule is CCC(C)NC(=NCC(=O)N(C)C)NC1CCCC(C(F)(F)F)C1.I. The second kappa shape index (κ2) is 11.1. The molecule has 0 aliphatic heterocycles. The van der Waals surface area contributed by atoms with Gasteiger partial charge in [0.1, 0.15) is 6.54 Å². The highest BCUT2D eigenvalue weighted by molar-refractivity contribution is 14.0. The Balaban J connectivity index is 0.00000576. The zero-order valence-electron chi connectivity index (χ0n) is 15.3. The van der Waals surface area contributed by atoms with Crippen molar-refractivity contribution in [3.63, 3.8) is 0 Å². The van der Waals surface area contributed by atoms with Crippen LogP contribution in [-0.2, 0) is 4.79 Å². The molecule has 3 atom stereocenters. The highest BCUT2D eigenvalue weighted by Crippen LogP contribution is 2.37. The Bertz CT molecular complexity index is 444. The molecule has 9 heteroatoms. The summed E-state index contributed by atoms with van der Waals surface area (Å²) in [5.74, 6) is -1.01. The maximum absolute atomic E-state index is 12.9. The fourth-order valence-corrected chi connectivity index (χ4v) is 2.57. The summed E-state index contributed by atoms with van der Waals surface area (Å²) in [4.78, 5) is 17.4. The highest BCUT2D eigenvalue weighted by Gasteiger charge is 2.42. The van der Waals surface area contributed by atoms with E-state index < -0.39 is 12.1 Å². The van der Waals surface area contributed by atoms with Crippen molar-refractivity contribution in [3.05, 3.63) is 0 Å². The van der Waals surface area contributed by atoms with Crippen molar-refractivity contribution < 1.29 is 18.0 Å². The average molecular weight is 478 g/mol. The molecule has 0 saturated heterocycles. The number of carbonyl (C=O) groups is 1. The van der Waals surface area contributed by atoms with Crippen LogP contribution in [0.2, 0.25) is 0 Å². The van der Waals surface area contributed by atoms with E-state index in [2.05, 4.69) is 15.6 Å². The summed E-state index contributed by atoms with van der Waals surface area (Å²) in [6.07, 6.45) is -1.86. The predicted octanol–water partition coefficient (Wildman–Crippen LogP) is 3.15. The smallest absolute Gasteiger partial charge is 0.354 e.